The van der Waals surface area contributed by atoms with Gasteiger partial charge in [-0.25, -0.2) is 14.3 Å². The molecule has 0 N–H and O–H groups in total. The van der Waals surface area contributed by atoms with Gasteiger partial charge in [-0.1, -0.05) is 24.3 Å². The summed E-state index contributed by atoms with van der Waals surface area (Å²) in [4.78, 5) is 35.4. The molecule has 2 aromatic carbocycles. The largest absolute Gasteiger partial charge is 0.471 e. The molecule has 1 aliphatic rings. The van der Waals surface area contributed by atoms with Crippen LogP contribution in [0.15, 0.2) is 59.4 Å². The molecule has 4 heterocycles. The Balaban J connectivity index is 1.51. The molecule has 3 aromatic heterocycles. The van der Waals surface area contributed by atoms with E-state index in [2.05, 4.69) is 10.1 Å². The average Bonchev–Trinajstić information content (AvgIpc) is 3.57. The van der Waals surface area contributed by atoms with Crippen molar-refractivity contribution >= 4 is 33.4 Å². The molecule has 1 fully saturated rings. The van der Waals surface area contributed by atoms with Crippen LogP contribution in [-0.2, 0) is 16.0 Å². The van der Waals surface area contributed by atoms with Crippen LogP contribution in [0.25, 0.3) is 27.5 Å². The van der Waals surface area contributed by atoms with Crippen molar-refractivity contribution in [1.82, 2.24) is 24.1 Å². The monoisotopic (exact) mass is 485 g/mol. The van der Waals surface area contributed by atoms with Gasteiger partial charge in [0.2, 0.25) is 5.88 Å². The summed E-state index contributed by atoms with van der Waals surface area (Å²) in [5, 5.41) is 5.69. The van der Waals surface area contributed by atoms with Crippen LogP contribution < -0.4 is 10.3 Å². The molecule has 6 rings (SSSR count). The molecule has 0 aliphatic carbocycles. The number of hydrogen-bond donors (Lipinski definition) is 0. The molecule has 182 valence electrons. The van der Waals surface area contributed by atoms with Gasteiger partial charge in [0.15, 0.2) is 11.5 Å². The zero-order chi connectivity index (χ0) is 24.6. The highest BCUT2D eigenvalue weighted by molar-refractivity contribution is 5.90. The quantitative estimate of drug-likeness (QED) is 0.338. The van der Waals surface area contributed by atoms with Crippen molar-refractivity contribution in [2.75, 3.05) is 19.8 Å². The van der Waals surface area contributed by atoms with E-state index in [4.69, 9.17) is 19.2 Å². The second-order valence-corrected chi connectivity index (χ2v) is 8.49. The van der Waals surface area contributed by atoms with Gasteiger partial charge in [-0.2, -0.15) is 10.1 Å². The second kappa shape index (κ2) is 9.04. The maximum absolute atomic E-state index is 13.6. The number of hydrogen-bond acceptors (Lipinski definition) is 8. The summed E-state index contributed by atoms with van der Waals surface area (Å²) >= 11 is 0. The zero-order valence-corrected chi connectivity index (χ0v) is 19.6. The van der Waals surface area contributed by atoms with E-state index in [1.54, 1.807) is 35.7 Å². The molecule has 36 heavy (non-hydrogen) atoms. The van der Waals surface area contributed by atoms with Crippen molar-refractivity contribution < 1.29 is 19.0 Å². The van der Waals surface area contributed by atoms with Crippen molar-refractivity contribution in [3.63, 3.8) is 0 Å². The minimum absolute atomic E-state index is 0.0590. The maximum atomic E-state index is 13.6. The highest BCUT2D eigenvalue weighted by Gasteiger charge is 2.22. The molecule has 0 bridgehead atoms. The molecule has 1 unspecified atom stereocenters. The van der Waals surface area contributed by atoms with E-state index in [9.17, 15) is 9.59 Å². The second-order valence-electron chi connectivity index (χ2n) is 8.49. The van der Waals surface area contributed by atoms with Crippen LogP contribution in [0, 0.1) is 0 Å². The van der Waals surface area contributed by atoms with Gasteiger partial charge >= 0.3 is 5.97 Å². The van der Waals surface area contributed by atoms with Crippen molar-refractivity contribution in [1.29, 1.82) is 0 Å². The summed E-state index contributed by atoms with van der Waals surface area (Å²) < 4.78 is 19.9. The molecular formula is C26H23N5O5. The number of ether oxygens (including phenoxy) is 3. The first-order valence-corrected chi connectivity index (χ1v) is 11.8. The third-order valence-electron chi connectivity index (χ3n) is 6.14. The Morgan fingerprint density at radius 2 is 1.92 bits per heavy atom. The average molecular weight is 486 g/mol. The Kier molecular flexibility index (Phi) is 5.57. The number of benzene rings is 2. The third-order valence-corrected chi connectivity index (χ3v) is 6.14. The lowest BCUT2D eigenvalue weighted by atomic mass is 10.2. The minimum Gasteiger partial charge on any atom is -0.471 e. The zero-order valence-electron chi connectivity index (χ0n) is 19.6. The van der Waals surface area contributed by atoms with Crippen LogP contribution in [0.3, 0.4) is 0 Å². The number of esters is 1. The lowest BCUT2D eigenvalue weighted by molar-refractivity contribution is 0.0519. The predicted molar refractivity (Wildman–Crippen MR) is 131 cm³/mol. The van der Waals surface area contributed by atoms with Crippen LogP contribution in [0.2, 0.25) is 0 Å². The lowest BCUT2D eigenvalue weighted by Gasteiger charge is -2.15. The Hall–Kier alpha value is -4.31. The fourth-order valence-corrected chi connectivity index (χ4v) is 4.45. The van der Waals surface area contributed by atoms with E-state index in [-0.39, 0.29) is 30.5 Å². The standard InChI is InChI=1S/C26H23N5O5/c1-2-35-26(33)20-13-23-30(25(32)18-8-4-6-10-21(18)31(23)29-20)14-22-27-19-9-5-3-7-17(19)24(28-22)36-16-11-12-34-15-16/h3-10,13,16H,2,11-12,14-15H2,1H3. The predicted octanol–water partition coefficient (Wildman–Crippen LogP) is 2.99. The number of rotatable bonds is 6. The third kappa shape index (κ3) is 3.85. The molecular weight excluding hydrogens is 462 g/mol. The SMILES string of the molecule is CCOC(=O)c1cc2n(Cc3nc(OC4CCOC4)c4ccccc4n3)c(=O)c3ccccc3n2n1. The van der Waals surface area contributed by atoms with Gasteiger partial charge < -0.3 is 14.2 Å². The number of aromatic nitrogens is 5. The molecule has 1 aliphatic heterocycles. The van der Waals surface area contributed by atoms with E-state index in [1.807, 2.05) is 30.3 Å². The summed E-state index contributed by atoms with van der Waals surface area (Å²) in [6.07, 6.45) is 0.693. The van der Waals surface area contributed by atoms with Crippen LogP contribution in [-0.4, -0.2) is 56.0 Å². The van der Waals surface area contributed by atoms with Gasteiger partial charge in [-0.15, -0.1) is 0 Å². The fraction of sp³-hybridized carbons (Fsp3) is 0.269. The molecule has 0 radical (unpaired) electrons. The summed E-state index contributed by atoms with van der Waals surface area (Å²) in [6, 6.07) is 16.3. The molecule has 1 atom stereocenters. The highest BCUT2D eigenvalue weighted by Crippen LogP contribution is 2.25. The summed E-state index contributed by atoms with van der Waals surface area (Å²) in [5.74, 6) is 0.304. The number of para-hydroxylation sites is 2. The van der Waals surface area contributed by atoms with Crippen molar-refractivity contribution in [2.24, 2.45) is 0 Å². The summed E-state index contributed by atoms with van der Waals surface area (Å²) in [7, 11) is 0. The van der Waals surface area contributed by atoms with E-state index >= 15 is 0 Å². The molecule has 5 aromatic rings. The van der Waals surface area contributed by atoms with Crippen LogP contribution in [0.5, 0.6) is 5.88 Å². The molecule has 0 saturated carbocycles. The van der Waals surface area contributed by atoms with Gasteiger partial charge in [-0.3, -0.25) is 9.36 Å². The number of carbonyl (C=O) groups excluding carboxylic acids is 1. The maximum Gasteiger partial charge on any atom is 0.358 e. The van der Waals surface area contributed by atoms with E-state index in [0.29, 0.717) is 47.0 Å². The minimum atomic E-state index is -0.555. The first-order chi connectivity index (χ1) is 17.6. The van der Waals surface area contributed by atoms with Gasteiger partial charge in [-0.05, 0) is 31.2 Å². The summed E-state index contributed by atoms with van der Waals surface area (Å²) in [5.41, 5.74) is 1.61. The van der Waals surface area contributed by atoms with Crippen LogP contribution >= 0.6 is 0 Å². The smallest absolute Gasteiger partial charge is 0.358 e. The molecule has 1 saturated heterocycles. The van der Waals surface area contributed by atoms with E-state index < -0.39 is 5.97 Å². The van der Waals surface area contributed by atoms with E-state index in [0.717, 1.165) is 11.8 Å². The van der Waals surface area contributed by atoms with Crippen LogP contribution in [0.1, 0.15) is 29.7 Å². The number of nitrogens with zero attached hydrogens (tertiary/aromatic N) is 5. The molecule has 10 heteroatoms. The number of fused-ring (bicyclic) bond motifs is 4. The Labute approximate surface area is 205 Å². The lowest BCUT2D eigenvalue weighted by Crippen LogP contribution is -2.25. The van der Waals surface area contributed by atoms with Gasteiger partial charge in [0, 0.05) is 12.5 Å². The van der Waals surface area contributed by atoms with E-state index in [1.165, 1.54) is 4.57 Å². The molecule has 10 nitrogen and oxygen atoms in total. The fourth-order valence-electron chi connectivity index (χ4n) is 4.45. The first-order valence-electron chi connectivity index (χ1n) is 11.8. The number of carbonyl (C=O) groups is 1. The highest BCUT2D eigenvalue weighted by atomic mass is 16.5. The Morgan fingerprint density at radius 3 is 2.72 bits per heavy atom. The van der Waals surface area contributed by atoms with Gasteiger partial charge in [0.1, 0.15) is 11.8 Å². The van der Waals surface area contributed by atoms with Crippen molar-refractivity contribution in [2.45, 2.75) is 26.0 Å². The van der Waals surface area contributed by atoms with Gasteiger partial charge in [0.25, 0.3) is 5.56 Å². The van der Waals surface area contributed by atoms with Crippen molar-refractivity contribution in [3.05, 3.63) is 76.5 Å². The Morgan fingerprint density at radius 1 is 1.11 bits per heavy atom. The Bertz CT molecular complexity index is 1670. The van der Waals surface area contributed by atoms with Crippen molar-refractivity contribution in [3.8, 4) is 5.88 Å². The normalized spacial score (nSPS) is 15.6. The molecule has 0 spiro atoms. The van der Waals surface area contributed by atoms with Crippen LogP contribution in [0.4, 0.5) is 0 Å². The topological polar surface area (TPSA) is 110 Å². The molecule has 0 amide bonds. The first kappa shape index (κ1) is 22.2. The van der Waals surface area contributed by atoms with Gasteiger partial charge in [0.05, 0.1) is 48.2 Å². The summed E-state index contributed by atoms with van der Waals surface area (Å²) in [6.45, 7) is 3.16.